The van der Waals surface area contributed by atoms with Gasteiger partial charge in [0.15, 0.2) is 0 Å². The molecule has 0 aromatic heterocycles. The Morgan fingerprint density at radius 3 is 2.86 bits per heavy atom. The molecular weight excluding hydrogens is 176 g/mol. The Kier molecular flexibility index (Phi) is 3.06. The van der Waals surface area contributed by atoms with Crippen LogP contribution in [0.2, 0.25) is 0 Å². The van der Waals surface area contributed by atoms with E-state index in [0.29, 0.717) is 19.0 Å². The molecule has 2 fully saturated rings. The quantitative estimate of drug-likeness (QED) is 0.719. The van der Waals surface area contributed by atoms with Gasteiger partial charge in [0.1, 0.15) is 0 Å². The number of likely N-dealkylation sites (tertiary alicyclic amines) is 1. The summed E-state index contributed by atoms with van der Waals surface area (Å²) in [7, 11) is 0. The first-order chi connectivity index (χ1) is 6.83. The molecule has 1 heterocycles. The van der Waals surface area contributed by atoms with Crippen LogP contribution in [-0.4, -0.2) is 29.9 Å². The van der Waals surface area contributed by atoms with Gasteiger partial charge in [0.05, 0.1) is 0 Å². The molecule has 2 atom stereocenters. The van der Waals surface area contributed by atoms with Crippen LogP contribution in [0, 0.1) is 5.92 Å². The van der Waals surface area contributed by atoms with Gasteiger partial charge in [0.25, 0.3) is 0 Å². The number of nitrogens with two attached hydrogens (primary N) is 1. The van der Waals surface area contributed by atoms with E-state index in [1.807, 2.05) is 0 Å². The van der Waals surface area contributed by atoms with E-state index in [1.54, 1.807) is 0 Å². The van der Waals surface area contributed by atoms with Gasteiger partial charge in [-0.25, -0.2) is 0 Å². The predicted octanol–water partition coefficient (Wildman–Crippen LogP) is 1.13. The second kappa shape index (κ2) is 4.30. The molecule has 1 saturated carbocycles. The van der Waals surface area contributed by atoms with Crippen LogP contribution in [-0.2, 0) is 4.79 Å². The summed E-state index contributed by atoms with van der Waals surface area (Å²) in [6.07, 6.45) is 6.97. The average Bonchev–Trinajstić information content (AvgIpc) is 2.61. The van der Waals surface area contributed by atoms with E-state index in [2.05, 4.69) is 4.90 Å². The molecule has 0 aromatic rings. The van der Waals surface area contributed by atoms with Crippen LogP contribution < -0.4 is 5.73 Å². The SMILES string of the molecule is NCCC(=O)N1CC[C@@H]2CCCC[C@@H]21. The van der Waals surface area contributed by atoms with Gasteiger partial charge in [0.2, 0.25) is 5.91 Å². The van der Waals surface area contributed by atoms with E-state index in [1.165, 1.54) is 32.1 Å². The number of hydrogen-bond donors (Lipinski definition) is 1. The Bertz CT molecular complexity index is 217. The summed E-state index contributed by atoms with van der Waals surface area (Å²) in [5, 5.41) is 0. The van der Waals surface area contributed by atoms with Crippen molar-refractivity contribution in [1.82, 2.24) is 4.90 Å². The second-order valence-electron chi connectivity index (χ2n) is 4.53. The highest BCUT2D eigenvalue weighted by molar-refractivity contribution is 5.77. The molecule has 0 unspecified atom stereocenters. The average molecular weight is 196 g/mol. The lowest BCUT2D eigenvalue weighted by Crippen LogP contribution is -2.39. The fraction of sp³-hybridized carbons (Fsp3) is 0.909. The number of nitrogens with zero attached hydrogens (tertiary/aromatic N) is 1. The van der Waals surface area contributed by atoms with E-state index in [0.717, 1.165) is 12.5 Å². The largest absolute Gasteiger partial charge is 0.339 e. The molecule has 1 amide bonds. The third-order valence-electron chi connectivity index (χ3n) is 3.69. The number of carbonyl (C=O) groups excluding carboxylic acids is 1. The van der Waals surface area contributed by atoms with E-state index < -0.39 is 0 Å². The van der Waals surface area contributed by atoms with Gasteiger partial charge in [0, 0.05) is 25.6 Å². The van der Waals surface area contributed by atoms with Crippen molar-refractivity contribution >= 4 is 5.91 Å². The number of hydrogen-bond acceptors (Lipinski definition) is 2. The van der Waals surface area contributed by atoms with Crippen LogP contribution in [0.4, 0.5) is 0 Å². The van der Waals surface area contributed by atoms with Crippen LogP contribution in [0.3, 0.4) is 0 Å². The Labute approximate surface area is 85.6 Å². The van der Waals surface area contributed by atoms with Crippen molar-refractivity contribution < 1.29 is 4.79 Å². The van der Waals surface area contributed by atoms with Crippen LogP contribution >= 0.6 is 0 Å². The first-order valence-corrected chi connectivity index (χ1v) is 5.82. The van der Waals surface area contributed by atoms with Crippen molar-refractivity contribution in [2.75, 3.05) is 13.1 Å². The second-order valence-corrected chi connectivity index (χ2v) is 4.53. The summed E-state index contributed by atoms with van der Waals surface area (Å²) in [4.78, 5) is 13.8. The summed E-state index contributed by atoms with van der Waals surface area (Å²) in [5.41, 5.74) is 5.42. The van der Waals surface area contributed by atoms with Gasteiger partial charge in [-0.05, 0) is 25.2 Å². The zero-order chi connectivity index (χ0) is 9.97. The highest BCUT2D eigenvalue weighted by Crippen LogP contribution is 2.36. The maximum atomic E-state index is 11.7. The standard InChI is InChI=1S/C11H20N2O/c12-7-5-11(14)13-8-6-9-3-1-2-4-10(9)13/h9-10H,1-8,12H2/t9-,10-/m0/s1. The van der Waals surface area contributed by atoms with Gasteiger partial charge in [-0.1, -0.05) is 12.8 Å². The fourth-order valence-electron chi connectivity index (χ4n) is 2.98. The molecule has 80 valence electrons. The van der Waals surface area contributed by atoms with E-state index in [-0.39, 0.29) is 5.91 Å². The van der Waals surface area contributed by atoms with E-state index in [4.69, 9.17) is 5.73 Å². The Morgan fingerprint density at radius 2 is 2.07 bits per heavy atom. The first kappa shape index (κ1) is 9.97. The number of amides is 1. The minimum absolute atomic E-state index is 0.280. The van der Waals surface area contributed by atoms with Crippen LogP contribution in [0.1, 0.15) is 38.5 Å². The molecular formula is C11H20N2O. The fourth-order valence-corrected chi connectivity index (χ4v) is 2.98. The van der Waals surface area contributed by atoms with Crippen molar-refractivity contribution in [3.63, 3.8) is 0 Å². The van der Waals surface area contributed by atoms with E-state index >= 15 is 0 Å². The zero-order valence-electron chi connectivity index (χ0n) is 8.74. The maximum absolute atomic E-state index is 11.7. The smallest absolute Gasteiger partial charge is 0.224 e. The minimum Gasteiger partial charge on any atom is -0.339 e. The molecule has 0 bridgehead atoms. The van der Waals surface area contributed by atoms with Crippen LogP contribution in [0.5, 0.6) is 0 Å². The number of fused-ring (bicyclic) bond motifs is 1. The molecule has 0 spiro atoms. The van der Waals surface area contributed by atoms with Gasteiger partial charge in [-0.15, -0.1) is 0 Å². The topological polar surface area (TPSA) is 46.3 Å². The molecule has 2 aliphatic rings. The maximum Gasteiger partial charge on any atom is 0.224 e. The zero-order valence-corrected chi connectivity index (χ0v) is 8.74. The van der Waals surface area contributed by atoms with Crippen molar-refractivity contribution in [3.05, 3.63) is 0 Å². The molecule has 0 aromatic carbocycles. The Balaban J connectivity index is 1.96. The Hall–Kier alpha value is -0.570. The molecule has 14 heavy (non-hydrogen) atoms. The lowest BCUT2D eigenvalue weighted by Gasteiger charge is -2.31. The van der Waals surface area contributed by atoms with E-state index in [9.17, 15) is 4.79 Å². The summed E-state index contributed by atoms with van der Waals surface area (Å²) in [5.74, 6) is 1.08. The van der Waals surface area contributed by atoms with Crippen molar-refractivity contribution in [2.24, 2.45) is 11.7 Å². The van der Waals surface area contributed by atoms with Crippen molar-refractivity contribution in [3.8, 4) is 0 Å². The van der Waals surface area contributed by atoms with Gasteiger partial charge < -0.3 is 10.6 Å². The monoisotopic (exact) mass is 196 g/mol. The lowest BCUT2D eigenvalue weighted by molar-refractivity contribution is -0.132. The molecule has 1 aliphatic heterocycles. The minimum atomic E-state index is 0.280. The van der Waals surface area contributed by atoms with Crippen molar-refractivity contribution in [1.29, 1.82) is 0 Å². The number of rotatable bonds is 2. The molecule has 1 aliphatic carbocycles. The van der Waals surface area contributed by atoms with Crippen molar-refractivity contribution in [2.45, 2.75) is 44.6 Å². The first-order valence-electron chi connectivity index (χ1n) is 5.82. The van der Waals surface area contributed by atoms with Gasteiger partial charge in [-0.2, -0.15) is 0 Å². The summed E-state index contributed by atoms with van der Waals surface area (Å²) in [6, 6.07) is 0.558. The highest BCUT2D eigenvalue weighted by Gasteiger charge is 2.37. The van der Waals surface area contributed by atoms with Crippen LogP contribution in [0.15, 0.2) is 0 Å². The third kappa shape index (κ3) is 1.78. The number of carbonyl (C=O) groups is 1. The molecule has 0 radical (unpaired) electrons. The highest BCUT2D eigenvalue weighted by atomic mass is 16.2. The summed E-state index contributed by atoms with van der Waals surface area (Å²) in [6.45, 7) is 1.47. The van der Waals surface area contributed by atoms with Crippen LogP contribution in [0.25, 0.3) is 0 Å². The van der Waals surface area contributed by atoms with Gasteiger partial charge in [-0.3, -0.25) is 4.79 Å². The normalized spacial score (nSPS) is 31.6. The molecule has 2 N–H and O–H groups in total. The Morgan fingerprint density at radius 1 is 1.29 bits per heavy atom. The summed E-state index contributed by atoms with van der Waals surface area (Å²) < 4.78 is 0. The third-order valence-corrected chi connectivity index (χ3v) is 3.69. The molecule has 1 saturated heterocycles. The predicted molar refractivity (Wildman–Crippen MR) is 55.7 cm³/mol. The lowest BCUT2D eigenvalue weighted by atomic mass is 9.85. The molecule has 2 rings (SSSR count). The van der Waals surface area contributed by atoms with Gasteiger partial charge >= 0.3 is 0 Å². The molecule has 3 nitrogen and oxygen atoms in total. The summed E-state index contributed by atoms with van der Waals surface area (Å²) >= 11 is 0. The molecule has 3 heteroatoms.